The lowest BCUT2D eigenvalue weighted by Gasteiger charge is -2.10. The van der Waals surface area contributed by atoms with Crippen molar-refractivity contribution in [3.63, 3.8) is 0 Å². The highest BCUT2D eigenvalue weighted by atomic mass is 35.5. The van der Waals surface area contributed by atoms with Crippen LogP contribution in [0, 0.1) is 6.92 Å². The Kier molecular flexibility index (Phi) is 3.50. The molecule has 1 aromatic heterocycles. The lowest BCUT2D eigenvalue weighted by molar-refractivity contribution is 0.111. The standard InChI is InChI=1S/C12H8Cl2N2O2/c1-7-2-12(18)11(6-17)15-16(7)10-4-8(13)3-9(14)5-10/h2-6H,1H3. The molecular formula is C12H8Cl2N2O2. The maximum Gasteiger partial charge on any atom is 0.211 e. The molecule has 0 unspecified atom stereocenters. The summed E-state index contributed by atoms with van der Waals surface area (Å²) in [6, 6.07) is 6.22. The van der Waals surface area contributed by atoms with E-state index in [9.17, 15) is 9.59 Å². The molecule has 0 atom stereocenters. The molecule has 0 N–H and O–H groups in total. The van der Waals surface area contributed by atoms with Crippen molar-refractivity contribution in [1.29, 1.82) is 0 Å². The first kappa shape index (κ1) is 12.8. The Bertz CT molecular complexity index is 660. The molecule has 0 amide bonds. The van der Waals surface area contributed by atoms with Crippen LogP contribution in [0.3, 0.4) is 0 Å². The van der Waals surface area contributed by atoms with E-state index in [1.807, 2.05) is 0 Å². The minimum absolute atomic E-state index is 0.156. The molecule has 92 valence electrons. The average molecular weight is 283 g/mol. The normalized spacial score (nSPS) is 10.4. The lowest BCUT2D eigenvalue weighted by atomic mass is 10.3. The van der Waals surface area contributed by atoms with Gasteiger partial charge in [0.1, 0.15) is 0 Å². The number of aromatic nitrogens is 2. The second-order valence-corrected chi connectivity index (χ2v) is 4.57. The molecule has 0 fully saturated rings. The van der Waals surface area contributed by atoms with Crippen molar-refractivity contribution in [3.8, 4) is 5.69 Å². The van der Waals surface area contributed by atoms with Crippen molar-refractivity contribution in [2.75, 3.05) is 0 Å². The molecule has 0 aliphatic carbocycles. The van der Waals surface area contributed by atoms with E-state index in [-0.39, 0.29) is 5.69 Å². The summed E-state index contributed by atoms with van der Waals surface area (Å²) in [5.41, 5.74) is 0.612. The van der Waals surface area contributed by atoms with Gasteiger partial charge < -0.3 is 0 Å². The van der Waals surface area contributed by atoms with E-state index in [0.29, 0.717) is 27.7 Å². The SMILES string of the molecule is Cc1cc(=O)c(C=O)nn1-c1cc(Cl)cc(Cl)c1. The molecule has 1 aromatic carbocycles. The van der Waals surface area contributed by atoms with Gasteiger partial charge in [0.15, 0.2) is 12.0 Å². The Balaban J connectivity index is 2.70. The molecule has 2 rings (SSSR count). The third kappa shape index (κ3) is 2.44. The first-order valence-electron chi connectivity index (χ1n) is 5.04. The molecule has 0 aliphatic heterocycles. The van der Waals surface area contributed by atoms with Crippen LogP contribution in [0.2, 0.25) is 10.0 Å². The van der Waals surface area contributed by atoms with Crippen LogP contribution < -0.4 is 5.43 Å². The second kappa shape index (κ2) is 4.92. The van der Waals surface area contributed by atoms with Crippen molar-refractivity contribution in [2.24, 2.45) is 0 Å². The molecule has 4 nitrogen and oxygen atoms in total. The summed E-state index contributed by atoms with van der Waals surface area (Å²) in [6.07, 6.45) is 0.421. The molecule has 0 radical (unpaired) electrons. The Labute approximate surface area is 113 Å². The Morgan fingerprint density at radius 3 is 2.33 bits per heavy atom. The fourth-order valence-electron chi connectivity index (χ4n) is 1.57. The van der Waals surface area contributed by atoms with Gasteiger partial charge in [-0.05, 0) is 25.1 Å². The summed E-state index contributed by atoms with van der Waals surface area (Å²) >= 11 is 11.8. The quantitative estimate of drug-likeness (QED) is 0.796. The molecular weight excluding hydrogens is 275 g/mol. The van der Waals surface area contributed by atoms with E-state index in [0.717, 1.165) is 0 Å². The highest BCUT2D eigenvalue weighted by molar-refractivity contribution is 6.34. The summed E-state index contributed by atoms with van der Waals surface area (Å²) in [7, 11) is 0. The predicted molar refractivity (Wildman–Crippen MR) is 70.0 cm³/mol. The molecule has 0 bridgehead atoms. The molecule has 0 saturated heterocycles. The molecule has 0 saturated carbocycles. The summed E-state index contributed by atoms with van der Waals surface area (Å²) in [4.78, 5) is 22.2. The number of benzene rings is 1. The van der Waals surface area contributed by atoms with Crippen LogP contribution in [-0.2, 0) is 0 Å². The van der Waals surface area contributed by atoms with Crippen molar-refractivity contribution >= 4 is 29.5 Å². The van der Waals surface area contributed by atoms with Crippen LogP contribution in [0.5, 0.6) is 0 Å². The van der Waals surface area contributed by atoms with E-state index >= 15 is 0 Å². The molecule has 1 heterocycles. The van der Waals surface area contributed by atoms with E-state index in [2.05, 4.69) is 5.10 Å². The number of hydrogen-bond acceptors (Lipinski definition) is 3. The van der Waals surface area contributed by atoms with Crippen molar-refractivity contribution in [1.82, 2.24) is 9.78 Å². The first-order chi connectivity index (χ1) is 8.51. The largest absolute Gasteiger partial charge is 0.296 e. The highest BCUT2D eigenvalue weighted by Gasteiger charge is 2.08. The first-order valence-corrected chi connectivity index (χ1v) is 5.79. The number of carbonyl (C=O) groups is 1. The summed E-state index contributed by atoms with van der Waals surface area (Å²) in [6.45, 7) is 1.71. The van der Waals surface area contributed by atoms with Crippen LogP contribution in [0.25, 0.3) is 5.69 Å². The van der Waals surface area contributed by atoms with Crippen LogP contribution in [-0.4, -0.2) is 16.1 Å². The van der Waals surface area contributed by atoms with Gasteiger partial charge in [0, 0.05) is 21.8 Å². The summed E-state index contributed by atoms with van der Waals surface area (Å²) < 4.78 is 1.45. The smallest absolute Gasteiger partial charge is 0.211 e. The van der Waals surface area contributed by atoms with Crippen LogP contribution in [0.1, 0.15) is 16.2 Å². The van der Waals surface area contributed by atoms with Gasteiger partial charge >= 0.3 is 0 Å². The zero-order valence-electron chi connectivity index (χ0n) is 9.35. The lowest BCUT2D eigenvalue weighted by Crippen LogP contribution is -2.18. The Hall–Kier alpha value is -1.65. The van der Waals surface area contributed by atoms with Gasteiger partial charge in [0.2, 0.25) is 5.43 Å². The summed E-state index contributed by atoms with van der Waals surface area (Å²) in [5, 5.41) is 4.86. The summed E-state index contributed by atoms with van der Waals surface area (Å²) in [5.74, 6) is 0. The molecule has 0 spiro atoms. The average Bonchev–Trinajstić information content (AvgIpc) is 2.27. The number of rotatable bonds is 2. The zero-order valence-corrected chi connectivity index (χ0v) is 10.9. The third-order valence-electron chi connectivity index (χ3n) is 2.34. The zero-order chi connectivity index (χ0) is 13.3. The van der Waals surface area contributed by atoms with Gasteiger partial charge in [-0.2, -0.15) is 5.10 Å². The fraction of sp³-hybridized carbons (Fsp3) is 0.0833. The Morgan fingerprint density at radius 2 is 1.78 bits per heavy atom. The number of aldehydes is 1. The molecule has 2 aromatic rings. The highest BCUT2D eigenvalue weighted by Crippen LogP contribution is 2.21. The van der Waals surface area contributed by atoms with Gasteiger partial charge in [-0.3, -0.25) is 9.59 Å². The van der Waals surface area contributed by atoms with Gasteiger partial charge in [-0.25, -0.2) is 4.68 Å². The molecule has 18 heavy (non-hydrogen) atoms. The third-order valence-corrected chi connectivity index (χ3v) is 2.77. The van der Waals surface area contributed by atoms with E-state index < -0.39 is 5.43 Å². The van der Waals surface area contributed by atoms with Gasteiger partial charge in [0.05, 0.1) is 5.69 Å². The number of halogens is 2. The number of hydrogen-bond donors (Lipinski definition) is 0. The van der Waals surface area contributed by atoms with E-state index in [1.54, 1.807) is 25.1 Å². The minimum atomic E-state index is -0.410. The van der Waals surface area contributed by atoms with Gasteiger partial charge in [-0.1, -0.05) is 23.2 Å². The Morgan fingerprint density at radius 1 is 1.17 bits per heavy atom. The molecule has 0 aliphatic rings. The van der Waals surface area contributed by atoms with E-state index in [1.165, 1.54) is 10.7 Å². The maximum atomic E-state index is 11.4. The van der Waals surface area contributed by atoms with E-state index in [4.69, 9.17) is 23.2 Å². The number of nitrogens with zero attached hydrogens (tertiary/aromatic N) is 2. The van der Waals surface area contributed by atoms with Gasteiger partial charge in [0.25, 0.3) is 0 Å². The fourth-order valence-corrected chi connectivity index (χ4v) is 2.08. The number of carbonyl (C=O) groups excluding carboxylic acids is 1. The van der Waals surface area contributed by atoms with Crippen molar-refractivity contribution in [3.05, 3.63) is 55.9 Å². The van der Waals surface area contributed by atoms with Crippen LogP contribution in [0.4, 0.5) is 0 Å². The minimum Gasteiger partial charge on any atom is -0.296 e. The maximum absolute atomic E-state index is 11.4. The van der Waals surface area contributed by atoms with Crippen LogP contribution >= 0.6 is 23.2 Å². The second-order valence-electron chi connectivity index (χ2n) is 3.69. The monoisotopic (exact) mass is 282 g/mol. The van der Waals surface area contributed by atoms with Crippen molar-refractivity contribution < 1.29 is 4.79 Å². The molecule has 6 heteroatoms. The van der Waals surface area contributed by atoms with Crippen molar-refractivity contribution in [2.45, 2.75) is 6.92 Å². The topological polar surface area (TPSA) is 52.0 Å². The predicted octanol–water partition coefficient (Wildman–Crippen LogP) is 2.66. The number of aryl methyl sites for hydroxylation is 1. The van der Waals surface area contributed by atoms with Gasteiger partial charge in [-0.15, -0.1) is 0 Å². The van der Waals surface area contributed by atoms with Crippen LogP contribution in [0.15, 0.2) is 29.1 Å².